The molecule has 0 aromatic heterocycles. The van der Waals surface area contributed by atoms with Gasteiger partial charge < -0.3 is 0 Å². The summed E-state index contributed by atoms with van der Waals surface area (Å²) in [4.78, 5) is 11.1. The van der Waals surface area contributed by atoms with E-state index < -0.39 is 0 Å². The lowest BCUT2D eigenvalue weighted by Crippen LogP contribution is -1.95. The lowest BCUT2D eigenvalue weighted by molar-refractivity contribution is -0.119. The number of hydrogen-bond donors (Lipinski definition) is 0. The average Bonchev–Trinajstić information content (AvgIpc) is 2.04. The lowest BCUT2D eigenvalue weighted by Gasteiger charge is -1.96. The molecule has 1 rings (SSSR count). The normalized spacial score (nSPS) is 26.3. The van der Waals surface area contributed by atoms with Crippen LogP contribution < -0.4 is 0 Å². The number of carbonyl (C=O) groups excluding carboxylic acids is 1. The van der Waals surface area contributed by atoms with Gasteiger partial charge in [0, 0.05) is 12.8 Å². The summed E-state index contributed by atoms with van der Waals surface area (Å²) in [6, 6.07) is 0. The molecular weight excluding hydrogens is 136 g/mol. The molecule has 0 atom stereocenters. The monoisotopic (exact) mass is 152 g/mol. The fourth-order valence-electron chi connectivity index (χ4n) is 1.44. The minimum atomic E-state index is 0.452. The minimum Gasteiger partial charge on any atom is -0.300 e. The molecule has 0 radical (unpaired) electrons. The first-order chi connectivity index (χ1) is 5.29. The lowest BCUT2D eigenvalue weighted by atomic mass is 10.1. The van der Waals surface area contributed by atoms with E-state index in [4.69, 9.17) is 0 Å². The van der Waals surface area contributed by atoms with Crippen LogP contribution in [0.2, 0.25) is 0 Å². The zero-order valence-electron chi connectivity index (χ0n) is 7.23. The third kappa shape index (κ3) is 3.35. The van der Waals surface area contributed by atoms with Crippen LogP contribution in [0.4, 0.5) is 0 Å². The quantitative estimate of drug-likeness (QED) is 0.488. The van der Waals surface area contributed by atoms with Crippen LogP contribution in [0.25, 0.3) is 0 Å². The zero-order chi connectivity index (χ0) is 8.10. The maximum absolute atomic E-state index is 11.1. The number of ketones is 1. The predicted molar refractivity (Wildman–Crippen MR) is 46.5 cm³/mol. The van der Waals surface area contributed by atoms with Gasteiger partial charge in [-0.15, -0.1) is 0 Å². The molecule has 0 saturated carbocycles. The molecular formula is C10H16O. The molecule has 0 amide bonds. The molecule has 0 aromatic carbocycles. The summed E-state index contributed by atoms with van der Waals surface area (Å²) in [5.74, 6) is 0.452. The number of Topliss-reactive ketones (excluding diaryl/α,β-unsaturated/α-hetero) is 1. The van der Waals surface area contributed by atoms with Gasteiger partial charge in [-0.25, -0.2) is 0 Å². The van der Waals surface area contributed by atoms with E-state index in [0.717, 1.165) is 38.5 Å². The molecule has 0 unspecified atom stereocenters. The van der Waals surface area contributed by atoms with E-state index in [1.807, 2.05) is 0 Å². The molecule has 0 saturated heterocycles. The molecule has 1 heteroatoms. The Morgan fingerprint density at radius 2 is 1.91 bits per heavy atom. The number of hydrogen-bond acceptors (Lipinski definition) is 1. The standard InChI is InChI=1S/C10H16O/c1-9-5-2-3-7-10(11)8-4-6-9/h5H,2-4,6-8H2,1H3/b9-5-. The fourth-order valence-corrected chi connectivity index (χ4v) is 1.44. The van der Waals surface area contributed by atoms with Gasteiger partial charge in [-0.1, -0.05) is 11.6 Å². The number of allylic oxidation sites excluding steroid dienone is 2. The van der Waals surface area contributed by atoms with Crippen molar-refractivity contribution in [2.24, 2.45) is 0 Å². The smallest absolute Gasteiger partial charge is 0.132 e. The highest BCUT2D eigenvalue weighted by Crippen LogP contribution is 2.13. The van der Waals surface area contributed by atoms with E-state index in [2.05, 4.69) is 13.0 Å². The molecule has 0 bridgehead atoms. The topological polar surface area (TPSA) is 17.1 Å². The van der Waals surface area contributed by atoms with E-state index >= 15 is 0 Å². The Morgan fingerprint density at radius 3 is 2.73 bits per heavy atom. The average molecular weight is 152 g/mol. The Labute approximate surface area is 68.5 Å². The molecule has 0 spiro atoms. The second-order valence-electron chi connectivity index (χ2n) is 3.33. The first-order valence-corrected chi connectivity index (χ1v) is 4.46. The van der Waals surface area contributed by atoms with E-state index in [9.17, 15) is 4.79 Å². The van der Waals surface area contributed by atoms with Crippen LogP contribution in [-0.4, -0.2) is 5.78 Å². The Kier molecular flexibility index (Phi) is 3.34. The second-order valence-corrected chi connectivity index (χ2v) is 3.33. The van der Waals surface area contributed by atoms with Crippen molar-refractivity contribution in [2.45, 2.75) is 45.4 Å². The minimum absolute atomic E-state index is 0.452. The maximum Gasteiger partial charge on any atom is 0.132 e. The highest BCUT2D eigenvalue weighted by Gasteiger charge is 2.03. The number of rotatable bonds is 0. The molecule has 0 heterocycles. The van der Waals surface area contributed by atoms with Crippen molar-refractivity contribution in [2.75, 3.05) is 0 Å². The van der Waals surface area contributed by atoms with Gasteiger partial charge in [-0.2, -0.15) is 0 Å². The van der Waals surface area contributed by atoms with E-state index in [0.29, 0.717) is 5.78 Å². The molecule has 0 N–H and O–H groups in total. The van der Waals surface area contributed by atoms with Crippen molar-refractivity contribution in [3.8, 4) is 0 Å². The highest BCUT2D eigenvalue weighted by molar-refractivity contribution is 5.78. The van der Waals surface area contributed by atoms with Crippen LogP contribution in [0.3, 0.4) is 0 Å². The first-order valence-electron chi connectivity index (χ1n) is 4.46. The van der Waals surface area contributed by atoms with Crippen LogP contribution in [0, 0.1) is 0 Å². The Hall–Kier alpha value is -0.590. The fraction of sp³-hybridized carbons (Fsp3) is 0.700. The van der Waals surface area contributed by atoms with Gasteiger partial charge in [-0.3, -0.25) is 4.79 Å². The van der Waals surface area contributed by atoms with Gasteiger partial charge in [0.1, 0.15) is 5.78 Å². The van der Waals surface area contributed by atoms with E-state index in [-0.39, 0.29) is 0 Å². The SMILES string of the molecule is C/C1=C/CCCC(=O)CCC1. The summed E-state index contributed by atoms with van der Waals surface area (Å²) in [6.07, 6.45) is 8.19. The van der Waals surface area contributed by atoms with Crippen molar-refractivity contribution in [1.29, 1.82) is 0 Å². The van der Waals surface area contributed by atoms with Gasteiger partial charge in [0.05, 0.1) is 0 Å². The summed E-state index contributed by atoms with van der Waals surface area (Å²) in [5, 5.41) is 0. The van der Waals surface area contributed by atoms with Crippen LogP contribution in [0.1, 0.15) is 45.4 Å². The largest absolute Gasteiger partial charge is 0.300 e. The van der Waals surface area contributed by atoms with Crippen LogP contribution in [0.5, 0.6) is 0 Å². The number of carbonyl (C=O) groups is 1. The van der Waals surface area contributed by atoms with Gasteiger partial charge in [0.15, 0.2) is 0 Å². The Balaban J connectivity index is 2.41. The van der Waals surface area contributed by atoms with Crippen molar-refractivity contribution in [3.05, 3.63) is 11.6 Å². The Bertz CT molecular complexity index is 168. The molecule has 0 fully saturated rings. The maximum atomic E-state index is 11.1. The van der Waals surface area contributed by atoms with Crippen molar-refractivity contribution in [1.82, 2.24) is 0 Å². The third-order valence-electron chi connectivity index (χ3n) is 2.18. The van der Waals surface area contributed by atoms with Gasteiger partial charge in [-0.05, 0) is 32.6 Å². The summed E-state index contributed by atoms with van der Waals surface area (Å²) >= 11 is 0. The zero-order valence-corrected chi connectivity index (χ0v) is 7.23. The summed E-state index contributed by atoms with van der Waals surface area (Å²) < 4.78 is 0. The highest BCUT2D eigenvalue weighted by atomic mass is 16.1. The molecule has 11 heavy (non-hydrogen) atoms. The summed E-state index contributed by atoms with van der Waals surface area (Å²) in [7, 11) is 0. The van der Waals surface area contributed by atoms with Crippen molar-refractivity contribution >= 4 is 5.78 Å². The molecule has 1 nitrogen and oxygen atoms in total. The molecule has 1 aliphatic rings. The molecule has 0 aromatic rings. The van der Waals surface area contributed by atoms with Gasteiger partial charge in [0.2, 0.25) is 0 Å². The van der Waals surface area contributed by atoms with Crippen molar-refractivity contribution < 1.29 is 4.79 Å². The first kappa shape index (κ1) is 8.51. The molecule has 0 aliphatic heterocycles. The summed E-state index contributed by atoms with van der Waals surface area (Å²) in [6.45, 7) is 2.16. The van der Waals surface area contributed by atoms with Gasteiger partial charge >= 0.3 is 0 Å². The predicted octanol–water partition coefficient (Wildman–Crippen LogP) is 2.86. The van der Waals surface area contributed by atoms with Gasteiger partial charge in [0.25, 0.3) is 0 Å². The van der Waals surface area contributed by atoms with Crippen molar-refractivity contribution in [3.63, 3.8) is 0 Å². The van der Waals surface area contributed by atoms with Crippen LogP contribution in [0.15, 0.2) is 11.6 Å². The Morgan fingerprint density at radius 1 is 1.18 bits per heavy atom. The van der Waals surface area contributed by atoms with E-state index in [1.165, 1.54) is 5.57 Å². The molecule has 1 aliphatic carbocycles. The van der Waals surface area contributed by atoms with Crippen LogP contribution in [-0.2, 0) is 4.79 Å². The van der Waals surface area contributed by atoms with E-state index in [1.54, 1.807) is 0 Å². The second kappa shape index (κ2) is 4.32. The van der Waals surface area contributed by atoms with Crippen LogP contribution >= 0.6 is 0 Å². The third-order valence-corrected chi connectivity index (χ3v) is 2.18. The summed E-state index contributed by atoms with van der Waals surface area (Å²) in [5.41, 5.74) is 1.46. The molecule has 62 valence electrons.